The van der Waals surface area contributed by atoms with E-state index in [0.29, 0.717) is 16.8 Å². The van der Waals surface area contributed by atoms with Crippen molar-refractivity contribution in [3.05, 3.63) is 76.9 Å². The first kappa shape index (κ1) is 16.1. The van der Waals surface area contributed by atoms with Crippen molar-refractivity contribution in [2.24, 2.45) is 4.99 Å². The summed E-state index contributed by atoms with van der Waals surface area (Å²) in [7, 11) is 0. The third kappa shape index (κ3) is 3.29. The summed E-state index contributed by atoms with van der Waals surface area (Å²) in [5.41, 5.74) is 1.84. The van der Waals surface area contributed by atoms with Crippen molar-refractivity contribution in [3.8, 4) is 23.4 Å². The molecule has 0 saturated heterocycles. The molecule has 6 heteroatoms. The van der Waals surface area contributed by atoms with Crippen molar-refractivity contribution in [2.45, 2.75) is 0 Å². The molecule has 0 aliphatic rings. The molecule has 0 atom stereocenters. The van der Waals surface area contributed by atoms with Gasteiger partial charge in [-0.25, -0.2) is 13.8 Å². The highest BCUT2D eigenvalue weighted by Crippen LogP contribution is 2.31. The molecule has 0 amide bonds. The zero-order chi connectivity index (χ0) is 17.8. The first-order chi connectivity index (χ1) is 12.1. The van der Waals surface area contributed by atoms with Crippen LogP contribution < -0.4 is 0 Å². The molecule has 1 N–H and O–H groups in total. The van der Waals surface area contributed by atoms with Crippen molar-refractivity contribution in [1.82, 2.24) is 4.98 Å². The molecular weight excluding hydrogens is 322 g/mol. The number of aliphatic imine (C=N–C) groups is 1. The zero-order valence-corrected chi connectivity index (χ0v) is 12.8. The van der Waals surface area contributed by atoms with Crippen LogP contribution >= 0.6 is 0 Å². The minimum absolute atomic E-state index is 0.0974. The fourth-order valence-corrected chi connectivity index (χ4v) is 2.33. The van der Waals surface area contributed by atoms with Gasteiger partial charge in [0.05, 0.1) is 11.3 Å². The van der Waals surface area contributed by atoms with Crippen LogP contribution in [0.25, 0.3) is 11.3 Å². The average molecular weight is 332 g/mol. The van der Waals surface area contributed by atoms with E-state index >= 15 is 0 Å². The first-order valence-electron chi connectivity index (χ1n) is 7.24. The number of H-pyrrole nitrogens is 1. The zero-order valence-electron chi connectivity index (χ0n) is 12.8. The number of halogens is 2. The lowest BCUT2D eigenvalue weighted by molar-refractivity contribution is 0.627. The lowest BCUT2D eigenvalue weighted by Crippen LogP contribution is -1.83. The SMILES string of the molecule is N#Cc1c(N=Cc2ccc(F)cc2)[nH]c(-c2ccc(F)cc2)c1C#N. The largest absolute Gasteiger partial charge is 0.337 e. The Labute approximate surface area is 142 Å². The summed E-state index contributed by atoms with van der Waals surface area (Å²) >= 11 is 0. The highest BCUT2D eigenvalue weighted by molar-refractivity contribution is 5.84. The van der Waals surface area contributed by atoms with Crippen molar-refractivity contribution >= 4 is 12.0 Å². The van der Waals surface area contributed by atoms with Crippen molar-refractivity contribution < 1.29 is 8.78 Å². The summed E-state index contributed by atoms with van der Waals surface area (Å²) in [4.78, 5) is 7.13. The lowest BCUT2D eigenvalue weighted by atomic mass is 10.1. The minimum Gasteiger partial charge on any atom is -0.337 e. The molecule has 1 heterocycles. The molecule has 25 heavy (non-hydrogen) atoms. The van der Waals surface area contributed by atoms with Gasteiger partial charge in [0, 0.05) is 6.21 Å². The molecule has 1 aromatic heterocycles. The molecule has 0 aliphatic heterocycles. The van der Waals surface area contributed by atoms with Gasteiger partial charge in [-0.3, -0.25) is 0 Å². The van der Waals surface area contributed by atoms with Crippen LogP contribution in [0.3, 0.4) is 0 Å². The van der Waals surface area contributed by atoms with E-state index in [2.05, 4.69) is 9.98 Å². The Bertz CT molecular complexity index is 1020. The number of aromatic amines is 1. The van der Waals surface area contributed by atoms with E-state index in [4.69, 9.17) is 0 Å². The number of hydrogen-bond acceptors (Lipinski definition) is 3. The van der Waals surface area contributed by atoms with Gasteiger partial charge in [-0.1, -0.05) is 12.1 Å². The molecule has 4 nitrogen and oxygen atoms in total. The number of rotatable bonds is 3. The van der Waals surface area contributed by atoms with Crippen molar-refractivity contribution in [1.29, 1.82) is 10.5 Å². The molecular formula is C19H10F2N4. The summed E-state index contributed by atoms with van der Waals surface area (Å²) in [5, 5.41) is 18.8. The van der Waals surface area contributed by atoms with Crippen LogP contribution in [0.4, 0.5) is 14.6 Å². The normalized spacial score (nSPS) is 10.6. The van der Waals surface area contributed by atoms with Gasteiger partial charge >= 0.3 is 0 Å². The van der Waals surface area contributed by atoms with E-state index in [9.17, 15) is 19.3 Å². The summed E-state index contributed by atoms with van der Waals surface area (Å²) in [6.45, 7) is 0. The van der Waals surface area contributed by atoms with E-state index in [1.807, 2.05) is 12.1 Å². The second kappa shape index (κ2) is 6.77. The summed E-state index contributed by atoms with van der Waals surface area (Å²) in [5.74, 6) is -0.549. The lowest BCUT2D eigenvalue weighted by Gasteiger charge is -1.98. The topological polar surface area (TPSA) is 75.7 Å². The Hall–Kier alpha value is -3.77. The minimum atomic E-state index is -0.399. The molecule has 2 aromatic carbocycles. The third-order valence-electron chi connectivity index (χ3n) is 3.55. The van der Waals surface area contributed by atoms with Crippen LogP contribution in [0.5, 0.6) is 0 Å². The summed E-state index contributed by atoms with van der Waals surface area (Å²) in [6.07, 6.45) is 1.46. The molecule has 0 bridgehead atoms. The Morgan fingerprint density at radius 2 is 1.40 bits per heavy atom. The Kier molecular flexibility index (Phi) is 4.36. The van der Waals surface area contributed by atoms with Gasteiger partial charge in [-0.05, 0) is 47.5 Å². The van der Waals surface area contributed by atoms with E-state index in [0.717, 1.165) is 0 Å². The van der Waals surface area contributed by atoms with Crippen LogP contribution in [0.2, 0.25) is 0 Å². The fraction of sp³-hybridized carbons (Fsp3) is 0. The monoisotopic (exact) mass is 332 g/mol. The Morgan fingerprint density at radius 3 is 1.96 bits per heavy atom. The average Bonchev–Trinajstić information content (AvgIpc) is 2.99. The van der Waals surface area contributed by atoms with E-state index in [-0.39, 0.29) is 22.8 Å². The maximum atomic E-state index is 13.1. The van der Waals surface area contributed by atoms with Crippen LogP contribution in [0.15, 0.2) is 53.5 Å². The predicted molar refractivity (Wildman–Crippen MR) is 89.3 cm³/mol. The first-order valence-corrected chi connectivity index (χ1v) is 7.24. The second-order valence-corrected chi connectivity index (χ2v) is 5.14. The molecule has 120 valence electrons. The summed E-state index contributed by atoms with van der Waals surface area (Å²) < 4.78 is 26.0. The number of benzene rings is 2. The van der Waals surface area contributed by atoms with Gasteiger partial charge in [0.25, 0.3) is 0 Å². The highest BCUT2D eigenvalue weighted by Gasteiger charge is 2.18. The maximum Gasteiger partial charge on any atom is 0.149 e. The molecule has 3 aromatic rings. The number of nitrogens with one attached hydrogen (secondary N) is 1. The molecule has 0 aliphatic carbocycles. The third-order valence-corrected chi connectivity index (χ3v) is 3.55. The van der Waals surface area contributed by atoms with Crippen molar-refractivity contribution in [2.75, 3.05) is 0 Å². The van der Waals surface area contributed by atoms with Gasteiger partial charge in [0.2, 0.25) is 0 Å². The molecule has 3 rings (SSSR count). The number of aromatic nitrogens is 1. The summed E-state index contributed by atoms with van der Waals surface area (Å²) in [6, 6.07) is 15.2. The van der Waals surface area contributed by atoms with Crippen LogP contribution in [-0.2, 0) is 0 Å². The van der Waals surface area contributed by atoms with Crippen molar-refractivity contribution in [3.63, 3.8) is 0 Å². The molecule has 0 unspecified atom stereocenters. The standard InChI is InChI=1S/C19H10F2N4/c20-14-5-1-12(2-6-14)11-24-19-17(10-23)16(9-22)18(25-19)13-3-7-15(21)8-4-13/h1-8,11,25H. The van der Waals surface area contributed by atoms with Crippen LogP contribution in [-0.4, -0.2) is 11.2 Å². The quantitative estimate of drug-likeness (QED) is 0.719. The van der Waals surface area contributed by atoms with Gasteiger partial charge in [0.1, 0.15) is 35.2 Å². The molecule has 0 radical (unpaired) electrons. The van der Waals surface area contributed by atoms with Gasteiger partial charge in [0.15, 0.2) is 0 Å². The molecule has 0 saturated carbocycles. The number of nitrogens with zero attached hydrogens (tertiary/aromatic N) is 3. The fourth-order valence-electron chi connectivity index (χ4n) is 2.33. The van der Waals surface area contributed by atoms with E-state index in [1.165, 1.54) is 42.6 Å². The van der Waals surface area contributed by atoms with Crippen LogP contribution in [0.1, 0.15) is 16.7 Å². The van der Waals surface area contributed by atoms with E-state index < -0.39 is 5.82 Å². The number of nitriles is 2. The predicted octanol–water partition coefficient (Wildman–Crippen LogP) is 4.45. The van der Waals surface area contributed by atoms with Crippen LogP contribution in [0, 0.1) is 34.3 Å². The Morgan fingerprint density at radius 1 is 0.840 bits per heavy atom. The second-order valence-electron chi connectivity index (χ2n) is 5.14. The molecule has 0 spiro atoms. The van der Waals surface area contributed by atoms with Gasteiger partial charge < -0.3 is 4.98 Å². The van der Waals surface area contributed by atoms with Gasteiger partial charge in [-0.2, -0.15) is 10.5 Å². The van der Waals surface area contributed by atoms with E-state index in [1.54, 1.807) is 12.1 Å². The Balaban J connectivity index is 2.05. The smallest absolute Gasteiger partial charge is 0.149 e. The number of hydrogen-bond donors (Lipinski definition) is 1. The highest BCUT2D eigenvalue weighted by atomic mass is 19.1. The van der Waals surface area contributed by atoms with Gasteiger partial charge in [-0.15, -0.1) is 0 Å². The maximum absolute atomic E-state index is 13.1. The molecule has 0 fully saturated rings.